The van der Waals surface area contributed by atoms with Crippen LogP contribution in [0.15, 0.2) is 24.3 Å². The van der Waals surface area contributed by atoms with Crippen LogP contribution in [0.2, 0.25) is 0 Å². The number of methoxy groups -OCH3 is 1. The first-order valence-electron chi connectivity index (χ1n) is 7.93. The van der Waals surface area contributed by atoms with Crippen LogP contribution in [0.5, 0.6) is 5.75 Å². The van der Waals surface area contributed by atoms with Gasteiger partial charge in [0.2, 0.25) is 0 Å². The van der Waals surface area contributed by atoms with Gasteiger partial charge >= 0.3 is 0 Å². The lowest BCUT2D eigenvalue weighted by atomic mass is 10.0. The minimum absolute atomic E-state index is 0.271. The fourth-order valence-corrected chi connectivity index (χ4v) is 2.92. The van der Waals surface area contributed by atoms with Gasteiger partial charge in [-0.1, -0.05) is 12.1 Å². The van der Waals surface area contributed by atoms with Crippen LogP contribution in [0.1, 0.15) is 18.9 Å². The zero-order chi connectivity index (χ0) is 15.1. The van der Waals surface area contributed by atoms with E-state index in [0.29, 0.717) is 6.04 Å². The molecule has 21 heavy (non-hydrogen) atoms. The van der Waals surface area contributed by atoms with Gasteiger partial charge in [-0.05, 0) is 37.5 Å². The second-order valence-corrected chi connectivity index (χ2v) is 5.84. The molecule has 1 N–H and O–H groups in total. The number of nitrogens with zero attached hydrogens (tertiary/aromatic N) is 2. The summed E-state index contributed by atoms with van der Waals surface area (Å²) in [6, 6.07) is 9.00. The number of aliphatic hydroxyl groups excluding tert-OH is 1. The molecule has 0 radical (unpaired) electrons. The Kier molecular flexibility index (Phi) is 6.49. The molecule has 4 heteroatoms. The molecule has 0 aliphatic carbocycles. The molecule has 0 aromatic heterocycles. The number of benzene rings is 1. The first kappa shape index (κ1) is 16.3. The Morgan fingerprint density at radius 2 is 1.81 bits per heavy atom. The fraction of sp³-hybridized carbons (Fsp3) is 0.647. The van der Waals surface area contributed by atoms with Crippen LogP contribution in [0.25, 0.3) is 0 Å². The standard InChI is InChI=1S/C17H28N2O2/c1-15(19-11-9-18(10-12-19)13-14-20)3-4-16-5-7-17(21-2)8-6-16/h5-8,15,20H,3-4,9-14H2,1-2H3/t15-/m1/s1. The molecule has 1 heterocycles. The van der Waals surface area contributed by atoms with Crippen LogP contribution >= 0.6 is 0 Å². The number of aliphatic hydroxyl groups is 1. The summed E-state index contributed by atoms with van der Waals surface area (Å²) in [6.45, 7) is 7.79. The van der Waals surface area contributed by atoms with Gasteiger partial charge in [0.05, 0.1) is 13.7 Å². The van der Waals surface area contributed by atoms with Crippen molar-refractivity contribution < 1.29 is 9.84 Å². The van der Waals surface area contributed by atoms with Crippen LogP contribution < -0.4 is 4.74 Å². The van der Waals surface area contributed by atoms with Gasteiger partial charge in [-0.25, -0.2) is 0 Å². The zero-order valence-electron chi connectivity index (χ0n) is 13.3. The third-order valence-electron chi connectivity index (χ3n) is 4.46. The summed E-state index contributed by atoms with van der Waals surface area (Å²) < 4.78 is 5.19. The van der Waals surface area contributed by atoms with Gasteiger partial charge in [0.1, 0.15) is 5.75 Å². The summed E-state index contributed by atoms with van der Waals surface area (Å²) >= 11 is 0. The van der Waals surface area contributed by atoms with Gasteiger partial charge in [-0.3, -0.25) is 9.80 Å². The minimum Gasteiger partial charge on any atom is -0.497 e. The maximum absolute atomic E-state index is 8.98. The number of aryl methyl sites for hydroxylation is 1. The van der Waals surface area contributed by atoms with Crippen molar-refractivity contribution in [2.45, 2.75) is 25.8 Å². The molecule has 4 nitrogen and oxygen atoms in total. The van der Waals surface area contributed by atoms with E-state index in [1.807, 2.05) is 12.1 Å². The number of hydrogen-bond donors (Lipinski definition) is 1. The average Bonchev–Trinajstić information content (AvgIpc) is 2.54. The van der Waals surface area contributed by atoms with Crippen molar-refractivity contribution in [2.24, 2.45) is 0 Å². The van der Waals surface area contributed by atoms with E-state index in [2.05, 4.69) is 28.9 Å². The Labute approximate surface area is 128 Å². The molecule has 1 aromatic carbocycles. The zero-order valence-corrected chi connectivity index (χ0v) is 13.3. The molecule has 0 bridgehead atoms. The number of piperazine rings is 1. The summed E-state index contributed by atoms with van der Waals surface area (Å²) in [5.74, 6) is 0.923. The normalized spacial score (nSPS) is 18.6. The summed E-state index contributed by atoms with van der Waals surface area (Å²) in [5.41, 5.74) is 1.38. The number of β-amino-alcohol motifs (C(OH)–C–C–N with tert-alkyl or cyclic N) is 1. The first-order valence-corrected chi connectivity index (χ1v) is 7.93. The predicted octanol–water partition coefficient (Wildman–Crippen LogP) is 1.63. The van der Waals surface area contributed by atoms with Gasteiger partial charge in [-0.15, -0.1) is 0 Å². The molecule has 1 aromatic rings. The van der Waals surface area contributed by atoms with Crippen molar-refractivity contribution in [1.82, 2.24) is 9.80 Å². The number of hydrogen-bond acceptors (Lipinski definition) is 4. The molecule has 2 rings (SSSR count). The molecule has 118 valence electrons. The Bertz CT molecular complexity index is 400. The van der Waals surface area contributed by atoms with Crippen molar-refractivity contribution in [3.05, 3.63) is 29.8 Å². The second kappa shape index (κ2) is 8.37. The van der Waals surface area contributed by atoms with E-state index in [1.165, 1.54) is 12.0 Å². The number of ether oxygens (including phenoxy) is 1. The van der Waals surface area contributed by atoms with Crippen LogP contribution in [-0.4, -0.2) is 67.4 Å². The fourth-order valence-electron chi connectivity index (χ4n) is 2.92. The van der Waals surface area contributed by atoms with E-state index in [0.717, 1.165) is 44.9 Å². The lowest BCUT2D eigenvalue weighted by molar-refractivity contribution is 0.0862. The van der Waals surface area contributed by atoms with Crippen molar-refractivity contribution in [2.75, 3.05) is 46.4 Å². The molecule has 0 amide bonds. The molecule has 1 aliphatic heterocycles. The van der Waals surface area contributed by atoms with Gasteiger partial charge in [-0.2, -0.15) is 0 Å². The quantitative estimate of drug-likeness (QED) is 0.828. The molecule has 0 saturated carbocycles. The van der Waals surface area contributed by atoms with Gasteiger partial charge in [0.15, 0.2) is 0 Å². The highest BCUT2D eigenvalue weighted by atomic mass is 16.5. The summed E-state index contributed by atoms with van der Waals surface area (Å²) in [7, 11) is 1.70. The predicted molar refractivity (Wildman–Crippen MR) is 85.9 cm³/mol. The summed E-state index contributed by atoms with van der Waals surface area (Å²) in [6.07, 6.45) is 2.30. The Morgan fingerprint density at radius 3 is 2.38 bits per heavy atom. The minimum atomic E-state index is 0.271. The van der Waals surface area contributed by atoms with Crippen molar-refractivity contribution >= 4 is 0 Å². The van der Waals surface area contributed by atoms with Gasteiger partial charge in [0, 0.05) is 38.8 Å². The third-order valence-corrected chi connectivity index (χ3v) is 4.46. The first-order chi connectivity index (χ1) is 10.2. The van der Waals surface area contributed by atoms with Crippen molar-refractivity contribution in [1.29, 1.82) is 0 Å². The molecule has 1 aliphatic rings. The Hall–Kier alpha value is -1.10. The third kappa shape index (κ3) is 4.99. The largest absolute Gasteiger partial charge is 0.497 e. The molecular formula is C17H28N2O2. The lowest BCUT2D eigenvalue weighted by Crippen LogP contribution is -2.50. The maximum atomic E-state index is 8.98. The Balaban J connectivity index is 1.73. The smallest absolute Gasteiger partial charge is 0.118 e. The number of rotatable bonds is 7. The van der Waals surface area contributed by atoms with Crippen LogP contribution in [0, 0.1) is 0 Å². The molecule has 1 atom stereocenters. The summed E-state index contributed by atoms with van der Waals surface area (Å²) in [4.78, 5) is 4.91. The molecule has 0 spiro atoms. The van der Waals surface area contributed by atoms with Crippen molar-refractivity contribution in [3.8, 4) is 5.75 Å². The van der Waals surface area contributed by atoms with Crippen LogP contribution in [0.3, 0.4) is 0 Å². The summed E-state index contributed by atoms with van der Waals surface area (Å²) in [5, 5.41) is 8.98. The van der Waals surface area contributed by atoms with E-state index in [-0.39, 0.29) is 6.61 Å². The highest BCUT2D eigenvalue weighted by molar-refractivity contribution is 5.27. The highest BCUT2D eigenvalue weighted by Gasteiger charge is 2.20. The van der Waals surface area contributed by atoms with Crippen LogP contribution in [0.4, 0.5) is 0 Å². The molecule has 0 unspecified atom stereocenters. The van der Waals surface area contributed by atoms with E-state index in [9.17, 15) is 0 Å². The van der Waals surface area contributed by atoms with Gasteiger partial charge in [0.25, 0.3) is 0 Å². The average molecular weight is 292 g/mol. The molecule has 1 fully saturated rings. The second-order valence-electron chi connectivity index (χ2n) is 5.84. The maximum Gasteiger partial charge on any atom is 0.118 e. The Morgan fingerprint density at radius 1 is 1.14 bits per heavy atom. The van der Waals surface area contributed by atoms with E-state index in [1.54, 1.807) is 7.11 Å². The van der Waals surface area contributed by atoms with E-state index in [4.69, 9.17) is 9.84 Å². The van der Waals surface area contributed by atoms with Crippen molar-refractivity contribution in [3.63, 3.8) is 0 Å². The van der Waals surface area contributed by atoms with Crippen LogP contribution in [-0.2, 0) is 6.42 Å². The topological polar surface area (TPSA) is 35.9 Å². The molecule has 1 saturated heterocycles. The lowest BCUT2D eigenvalue weighted by Gasteiger charge is -2.38. The monoisotopic (exact) mass is 292 g/mol. The highest BCUT2D eigenvalue weighted by Crippen LogP contribution is 2.15. The van der Waals surface area contributed by atoms with E-state index < -0.39 is 0 Å². The SMILES string of the molecule is COc1ccc(CC[C@@H](C)N2CCN(CCO)CC2)cc1. The van der Waals surface area contributed by atoms with E-state index >= 15 is 0 Å². The molecular weight excluding hydrogens is 264 g/mol. The van der Waals surface area contributed by atoms with Gasteiger partial charge < -0.3 is 9.84 Å².